The molecule has 4 aromatic heterocycles. The third-order valence-electron chi connectivity index (χ3n) is 5.45. The minimum atomic E-state index is -0.604. The van der Waals surface area contributed by atoms with Crippen molar-refractivity contribution in [3.8, 4) is 5.82 Å². The maximum atomic E-state index is 14.3. The Labute approximate surface area is 196 Å². The van der Waals surface area contributed by atoms with Crippen LogP contribution in [0.2, 0.25) is 0 Å². The van der Waals surface area contributed by atoms with Gasteiger partial charge in [-0.3, -0.25) is 8.97 Å². The Balaban J connectivity index is 0.00000133. The van der Waals surface area contributed by atoms with Crippen molar-refractivity contribution in [2.24, 2.45) is 0 Å². The van der Waals surface area contributed by atoms with Crippen LogP contribution >= 0.6 is 0 Å². The number of allylic oxidation sites excluding steroid dienone is 1. The first-order chi connectivity index (χ1) is 16.4. The maximum absolute atomic E-state index is 14.3. The topological polar surface area (TPSA) is 75.8 Å². The Morgan fingerprint density at radius 2 is 2.00 bits per heavy atom. The van der Waals surface area contributed by atoms with Crippen LogP contribution in [0.4, 0.5) is 14.6 Å². The molecule has 5 rings (SSSR count). The Morgan fingerprint density at radius 3 is 2.71 bits per heavy atom. The monoisotopic (exact) mass is 463 g/mol. The predicted molar refractivity (Wildman–Crippen MR) is 131 cm³/mol. The highest BCUT2D eigenvalue weighted by Crippen LogP contribution is 2.25. The molecule has 9 heteroatoms. The summed E-state index contributed by atoms with van der Waals surface area (Å²) in [7, 11) is 0. The van der Waals surface area contributed by atoms with Gasteiger partial charge in [-0.05, 0) is 37.5 Å². The zero-order valence-corrected chi connectivity index (χ0v) is 19.7. The van der Waals surface area contributed by atoms with Crippen molar-refractivity contribution < 1.29 is 8.78 Å². The number of nitrogens with one attached hydrogen (secondary N) is 2. The normalized spacial score (nSPS) is 11.0. The first-order valence-electron chi connectivity index (χ1n) is 11.2. The van der Waals surface area contributed by atoms with E-state index in [4.69, 9.17) is 4.98 Å². The number of rotatable bonds is 6. The summed E-state index contributed by atoms with van der Waals surface area (Å²) in [5.74, 6) is 0.904. The molecule has 0 aliphatic carbocycles. The van der Waals surface area contributed by atoms with Gasteiger partial charge in [-0.15, -0.1) is 0 Å². The van der Waals surface area contributed by atoms with Gasteiger partial charge in [-0.1, -0.05) is 20.4 Å². The van der Waals surface area contributed by atoms with Crippen LogP contribution in [-0.2, 0) is 6.42 Å². The predicted octanol–water partition coefficient (Wildman–Crippen LogP) is 5.70. The summed E-state index contributed by atoms with van der Waals surface area (Å²) in [4.78, 5) is 16.5. The van der Waals surface area contributed by atoms with E-state index in [9.17, 15) is 8.78 Å². The molecule has 176 valence electrons. The van der Waals surface area contributed by atoms with Gasteiger partial charge in [0.05, 0.1) is 23.6 Å². The lowest BCUT2D eigenvalue weighted by molar-refractivity contribution is 0.591. The Bertz CT molecular complexity index is 1480. The highest BCUT2D eigenvalue weighted by Gasteiger charge is 2.15. The van der Waals surface area contributed by atoms with Crippen LogP contribution in [0.3, 0.4) is 0 Å². The lowest BCUT2D eigenvalue weighted by Gasteiger charge is -2.12. The summed E-state index contributed by atoms with van der Waals surface area (Å²) in [5, 5.41) is 3.73. The van der Waals surface area contributed by atoms with Gasteiger partial charge in [0, 0.05) is 36.6 Å². The van der Waals surface area contributed by atoms with Crippen LogP contribution in [0.25, 0.3) is 27.9 Å². The van der Waals surface area contributed by atoms with Crippen molar-refractivity contribution in [2.75, 3.05) is 11.9 Å². The zero-order valence-electron chi connectivity index (χ0n) is 19.7. The van der Waals surface area contributed by atoms with E-state index in [-0.39, 0.29) is 0 Å². The first kappa shape index (κ1) is 23.2. The number of imidazole rings is 2. The highest BCUT2D eigenvalue weighted by molar-refractivity contribution is 5.84. The number of hydrogen-bond acceptors (Lipinski definition) is 4. The summed E-state index contributed by atoms with van der Waals surface area (Å²) < 4.78 is 31.6. The molecule has 0 bridgehead atoms. The number of halogens is 2. The molecule has 0 saturated heterocycles. The Hall–Kier alpha value is -4.01. The third kappa shape index (κ3) is 4.16. The average molecular weight is 464 g/mol. The SMILES string of the molecule is C=C(C)c1cnc2c(NCCc3c[nH]c4cc(F)cc(F)c34)nc(-n3ccnc3C)cn12.CC. The molecule has 4 heterocycles. The molecule has 0 atom stereocenters. The van der Waals surface area contributed by atoms with E-state index < -0.39 is 11.6 Å². The van der Waals surface area contributed by atoms with Gasteiger partial charge in [0.25, 0.3) is 0 Å². The summed E-state index contributed by atoms with van der Waals surface area (Å²) in [6.07, 6.45) is 9.44. The molecule has 0 unspecified atom stereocenters. The quantitative estimate of drug-likeness (QED) is 0.339. The summed E-state index contributed by atoms with van der Waals surface area (Å²) in [6, 6.07) is 2.19. The molecule has 1 aromatic carbocycles. The molecule has 0 fully saturated rings. The van der Waals surface area contributed by atoms with Crippen LogP contribution in [0, 0.1) is 18.6 Å². The van der Waals surface area contributed by atoms with E-state index >= 15 is 0 Å². The summed E-state index contributed by atoms with van der Waals surface area (Å²) in [6.45, 7) is 12.3. The van der Waals surface area contributed by atoms with E-state index in [1.807, 2.05) is 49.1 Å². The standard InChI is InChI=1S/C23H21F2N7.C2H6/c1-13(2)19-11-29-23-22(30-20(12-32(19)23)31-7-6-26-14(31)3)27-5-4-15-10-28-18-9-16(24)8-17(25)21(15)18;1-2/h6-12,28H,1,4-5H2,2-3H3,(H,27,30);1-2H3. The number of H-pyrrole nitrogens is 1. The first-order valence-corrected chi connectivity index (χ1v) is 11.2. The number of hydrogen-bond donors (Lipinski definition) is 2. The number of fused-ring (bicyclic) bond motifs is 2. The number of nitrogens with zero attached hydrogens (tertiary/aromatic N) is 5. The van der Waals surface area contributed by atoms with Crippen LogP contribution in [0.15, 0.2) is 49.7 Å². The smallest absolute Gasteiger partial charge is 0.180 e. The van der Waals surface area contributed by atoms with Crippen molar-refractivity contribution in [3.63, 3.8) is 0 Å². The largest absolute Gasteiger partial charge is 0.367 e. The number of aromatic nitrogens is 6. The second-order valence-electron chi connectivity index (χ2n) is 7.71. The molecule has 5 aromatic rings. The van der Waals surface area contributed by atoms with Crippen molar-refractivity contribution in [1.82, 2.24) is 28.9 Å². The van der Waals surface area contributed by atoms with Gasteiger partial charge >= 0.3 is 0 Å². The highest BCUT2D eigenvalue weighted by atomic mass is 19.1. The van der Waals surface area contributed by atoms with Gasteiger partial charge in [0.1, 0.15) is 17.5 Å². The minimum absolute atomic E-state index is 0.402. The summed E-state index contributed by atoms with van der Waals surface area (Å²) in [5.41, 5.74) is 3.62. The van der Waals surface area contributed by atoms with Crippen molar-refractivity contribution >= 4 is 27.9 Å². The molecule has 0 saturated carbocycles. The fraction of sp³-hybridized carbons (Fsp3) is 0.240. The van der Waals surface area contributed by atoms with Gasteiger partial charge < -0.3 is 10.3 Å². The molecule has 0 spiro atoms. The molecule has 7 nitrogen and oxygen atoms in total. The average Bonchev–Trinajstić information content (AvgIpc) is 3.53. The zero-order chi connectivity index (χ0) is 24.4. The van der Waals surface area contributed by atoms with E-state index in [0.717, 1.165) is 28.7 Å². The van der Waals surface area contributed by atoms with E-state index in [1.165, 1.54) is 6.07 Å². The minimum Gasteiger partial charge on any atom is -0.367 e. The molecule has 0 radical (unpaired) electrons. The number of aromatic amines is 1. The maximum Gasteiger partial charge on any atom is 0.180 e. The molecule has 0 aliphatic rings. The van der Waals surface area contributed by atoms with Crippen molar-refractivity contribution in [3.05, 3.63) is 78.4 Å². The van der Waals surface area contributed by atoms with E-state index in [1.54, 1.807) is 18.6 Å². The Kier molecular flexibility index (Phi) is 6.45. The van der Waals surface area contributed by atoms with Crippen LogP contribution < -0.4 is 5.32 Å². The van der Waals surface area contributed by atoms with Gasteiger partial charge in [0.2, 0.25) is 0 Å². The fourth-order valence-electron chi connectivity index (χ4n) is 3.91. The van der Waals surface area contributed by atoms with Crippen molar-refractivity contribution in [1.29, 1.82) is 0 Å². The lowest BCUT2D eigenvalue weighted by atomic mass is 10.1. The second-order valence-corrected chi connectivity index (χ2v) is 7.71. The lowest BCUT2D eigenvalue weighted by Crippen LogP contribution is -2.11. The number of aryl methyl sites for hydroxylation is 1. The fourth-order valence-corrected chi connectivity index (χ4v) is 3.91. The molecule has 34 heavy (non-hydrogen) atoms. The molecular weight excluding hydrogens is 436 g/mol. The van der Waals surface area contributed by atoms with Gasteiger partial charge in [0.15, 0.2) is 17.3 Å². The van der Waals surface area contributed by atoms with E-state index in [2.05, 4.69) is 26.8 Å². The Morgan fingerprint density at radius 1 is 1.21 bits per heavy atom. The van der Waals surface area contributed by atoms with Crippen molar-refractivity contribution in [2.45, 2.75) is 34.1 Å². The second kappa shape index (κ2) is 9.46. The molecule has 2 N–H and O–H groups in total. The number of anilines is 1. The molecular formula is C25H27F2N7. The van der Waals surface area contributed by atoms with E-state index in [0.29, 0.717) is 41.2 Å². The number of benzene rings is 1. The van der Waals surface area contributed by atoms with Gasteiger partial charge in [-0.25, -0.2) is 23.7 Å². The molecule has 0 aliphatic heterocycles. The van der Waals surface area contributed by atoms with Crippen LogP contribution in [0.5, 0.6) is 0 Å². The van der Waals surface area contributed by atoms with Crippen LogP contribution in [0.1, 0.15) is 37.9 Å². The summed E-state index contributed by atoms with van der Waals surface area (Å²) >= 11 is 0. The van der Waals surface area contributed by atoms with Crippen LogP contribution in [-0.4, -0.2) is 35.4 Å². The molecule has 0 amide bonds. The van der Waals surface area contributed by atoms with Gasteiger partial charge in [-0.2, -0.15) is 0 Å². The third-order valence-corrected chi connectivity index (χ3v) is 5.45.